The largest absolute Gasteiger partial charge is 0.256 e. The lowest BCUT2D eigenvalue weighted by atomic mass is 9.92. The molecule has 3 aromatic heterocycles. The summed E-state index contributed by atoms with van der Waals surface area (Å²) in [4.78, 5) is 19.7. The standard InChI is InChI=1S/C50H32N4/c1-3-13-41-39(11-1)37(27-29-43(41)45-15-7-9-31-51-45)33-19-23-35(24-20-33)49-50(54-48-18-6-5-17-47(48)53-49)36-25-21-34(22-26-36)38-28-30-44(46-16-8-10-32-52-46)42-14-4-2-12-40(38)42/h1-32H. The first-order chi connectivity index (χ1) is 26.8. The van der Waals surface area contributed by atoms with E-state index in [2.05, 4.69) is 143 Å². The molecule has 0 N–H and O–H groups in total. The van der Waals surface area contributed by atoms with Gasteiger partial charge in [-0.2, -0.15) is 0 Å². The van der Waals surface area contributed by atoms with Gasteiger partial charge in [0.15, 0.2) is 0 Å². The fourth-order valence-corrected chi connectivity index (χ4v) is 7.61. The summed E-state index contributed by atoms with van der Waals surface area (Å²) >= 11 is 0. The van der Waals surface area contributed by atoms with E-state index in [0.29, 0.717) is 0 Å². The molecule has 0 atom stereocenters. The average Bonchev–Trinajstić information content (AvgIpc) is 3.26. The Kier molecular flexibility index (Phi) is 7.77. The summed E-state index contributed by atoms with van der Waals surface area (Å²) in [6, 6.07) is 63.6. The van der Waals surface area contributed by atoms with Crippen molar-refractivity contribution in [2.75, 3.05) is 0 Å². The van der Waals surface area contributed by atoms with Crippen molar-refractivity contribution in [3.05, 3.63) is 194 Å². The zero-order valence-electron chi connectivity index (χ0n) is 29.3. The van der Waals surface area contributed by atoms with E-state index in [1.165, 1.54) is 32.7 Å². The molecule has 0 unspecified atom stereocenters. The Labute approximate surface area is 313 Å². The van der Waals surface area contributed by atoms with Crippen molar-refractivity contribution < 1.29 is 0 Å². The number of hydrogen-bond donors (Lipinski definition) is 0. The lowest BCUT2D eigenvalue weighted by Crippen LogP contribution is -1.96. The number of fused-ring (bicyclic) bond motifs is 3. The second-order valence-corrected chi connectivity index (χ2v) is 13.4. The SMILES string of the molecule is c1ccc(-c2ccc(-c3ccc(-c4nc5ccccc5nc4-c4ccc(-c5ccc(-c6ccccn6)c6ccccc56)cc4)cc3)c3ccccc23)nc1. The topological polar surface area (TPSA) is 51.6 Å². The van der Waals surface area contributed by atoms with Crippen LogP contribution >= 0.6 is 0 Å². The minimum Gasteiger partial charge on any atom is -0.256 e. The molecule has 0 saturated carbocycles. The summed E-state index contributed by atoms with van der Waals surface area (Å²) in [6.07, 6.45) is 3.69. The van der Waals surface area contributed by atoms with Gasteiger partial charge in [-0.15, -0.1) is 0 Å². The first kappa shape index (κ1) is 31.4. The quantitative estimate of drug-likeness (QED) is 0.174. The van der Waals surface area contributed by atoms with E-state index in [9.17, 15) is 0 Å². The van der Waals surface area contributed by atoms with Crippen molar-refractivity contribution in [1.82, 2.24) is 19.9 Å². The highest BCUT2D eigenvalue weighted by atomic mass is 14.8. The predicted octanol–water partition coefficient (Wildman–Crippen LogP) is 12.7. The van der Waals surface area contributed by atoms with Crippen molar-refractivity contribution in [3.8, 4) is 67.3 Å². The molecule has 0 amide bonds. The second kappa shape index (κ2) is 13.4. The van der Waals surface area contributed by atoms with E-state index in [0.717, 1.165) is 67.2 Å². The molecule has 0 bridgehead atoms. The number of benzene rings is 7. The van der Waals surface area contributed by atoms with Crippen LogP contribution in [0.5, 0.6) is 0 Å². The first-order valence-electron chi connectivity index (χ1n) is 18.1. The Bertz CT molecular complexity index is 2750. The van der Waals surface area contributed by atoms with Crippen LogP contribution in [0.4, 0.5) is 0 Å². The van der Waals surface area contributed by atoms with Crippen LogP contribution in [-0.4, -0.2) is 19.9 Å². The third-order valence-corrected chi connectivity index (χ3v) is 10.2. The Hall–Kier alpha value is -7.30. The van der Waals surface area contributed by atoms with Crippen LogP contribution in [0, 0.1) is 0 Å². The number of rotatable bonds is 6. The summed E-state index contributed by atoms with van der Waals surface area (Å²) in [5, 5.41) is 4.75. The molecule has 10 rings (SSSR count). The molecule has 54 heavy (non-hydrogen) atoms. The molecule has 4 heteroatoms. The van der Waals surface area contributed by atoms with Gasteiger partial charge in [-0.3, -0.25) is 9.97 Å². The van der Waals surface area contributed by atoms with E-state index < -0.39 is 0 Å². The Morgan fingerprint density at radius 1 is 0.259 bits per heavy atom. The molecule has 4 nitrogen and oxygen atoms in total. The second-order valence-electron chi connectivity index (χ2n) is 13.4. The van der Waals surface area contributed by atoms with Crippen LogP contribution < -0.4 is 0 Å². The van der Waals surface area contributed by atoms with Gasteiger partial charge in [0.05, 0.1) is 33.8 Å². The van der Waals surface area contributed by atoms with Gasteiger partial charge in [0, 0.05) is 34.6 Å². The highest BCUT2D eigenvalue weighted by molar-refractivity contribution is 6.06. The molecule has 0 aliphatic heterocycles. The maximum absolute atomic E-state index is 5.20. The molecule has 0 fully saturated rings. The number of nitrogens with zero attached hydrogens (tertiary/aromatic N) is 4. The fraction of sp³-hybridized carbons (Fsp3) is 0. The van der Waals surface area contributed by atoms with Crippen LogP contribution in [0.3, 0.4) is 0 Å². The van der Waals surface area contributed by atoms with E-state index in [1.807, 2.05) is 60.9 Å². The molecule has 0 spiro atoms. The normalized spacial score (nSPS) is 11.3. The molecular formula is C50H32N4. The monoisotopic (exact) mass is 688 g/mol. The third-order valence-electron chi connectivity index (χ3n) is 10.2. The molecular weight excluding hydrogens is 657 g/mol. The van der Waals surface area contributed by atoms with Gasteiger partial charge < -0.3 is 0 Å². The first-order valence-corrected chi connectivity index (χ1v) is 18.1. The van der Waals surface area contributed by atoms with Gasteiger partial charge >= 0.3 is 0 Å². The highest BCUT2D eigenvalue weighted by Crippen LogP contribution is 2.39. The summed E-state index contributed by atoms with van der Waals surface area (Å²) < 4.78 is 0. The lowest BCUT2D eigenvalue weighted by Gasteiger charge is -2.14. The Morgan fingerprint density at radius 2 is 0.593 bits per heavy atom. The molecule has 0 radical (unpaired) electrons. The van der Waals surface area contributed by atoms with Crippen molar-refractivity contribution in [1.29, 1.82) is 0 Å². The van der Waals surface area contributed by atoms with Crippen molar-refractivity contribution >= 4 is 32.6 Å². The van der Waals surface area contributed by atoms with Crippen LogP contribution in [0.2, 0.25) is 0 Å². The predicted molar refractivity (Wildman–Crippen MR) is 223 cm³/mol. The van der Waals surface area contributed by atoms with Crippen molar-refractivity contribution in [3.63, 3.8) is 0 Å². The summed E-state index contributed by atoms with van der Waals surface area (Å²) in [7, 11) is 0. The fourth-order valence-electron chi connectivity index (χ4n) is 7.61. The molecule has 7 aromatic carbocycles. The van der Waals surface area contributed by atoms with Crippen LogP contribution in [0.15, 0.2) is 194 Å². The minimum atomic E-state index is 0.855. The van der Waals surface area contributed by atoms with Gasteiger partial charge in [0.2, 0.25) is 0 Å². The Balaban J connectivity index is 1.04. The highest BCUT2D eigenvalue weighted by Gasteiger charge is 2.16. The van der Waals surface area contributed by atoms with Gasteiger partial charge in [-0.05, 0) is 80.2 Å². The molecule has 0 saturated heterocycles. The van der Waals surface area contributed by atoms with E-state index in [1.54, 1.807) is 0 Å². The maximum atomic E-state index is 5.20. The summed E-state index contributed by atoms with van der Waals surface area (Å²) in [6.45, 7) is 0. The van der Waals surface area contributed by atoms with Gasteiger partial charge in [0.1, 0.15) is 0 Å². The van der Waals surface area contributed by atoms with Gasteiger partial charge in [-0.1, -0.05) is 146 Å². The lowest BCUT2D eigenvalue weighted by molar-refractivity contribution is 1.29. The summed E-state index contributed by atoms with van der Waals surface area (Å²) in [5.74, 6) is 0. The van der Waals surface area contributed by atoms with Crippen molar-refractivity contribution in [2.45, 2.75) is 0 Å². The number of aromatic nitrogens is 4. The van der Waals surface area contributed by atoms with E-state index in [-0.39, 0.29) is 0 Å². The number of hydrogen-bond acceptors (Lipinski definition) is 4. The van der Waals surface area contributed by atoms with Gasteiger partial charge in [-0.25, -0.2) is 9.97 Å². The average molecular weight is 689 g/mol. The van der Waals surface area contributed by atoms with E-state index >= 15 is 0 Å². The molecule has 10 aromatic rings. The molecule has 252 valence electrons. The molecule has 3 heterocycles. The number of pyridine rings is 2. The van der Waals surface area contributed by atoms with Crippen LogP contribution in [0.25, 0.3) is 99.9 Å². The zero-order valence-corrected chi connectivity index (χ0v) is 29.3. The zero-order chi connectivity index (χ0) is 35.8. The van der Waals surface area contributed by atoms with Crippen molar-refractivity contribution in [2.24, 2.45) is 0 Å². The van der Waals surface area contributed by atoms with Crippen LogP contribution in [0.1, 0.15) is 0 Å². The third kappa shape index (κ3) is 5.58. The van der Waals surface area contributed by atoms with E-state index in [4.69, 9.17) is 9.97 Å². The molecule has 0 aliphatic carbocycles. The van der Waals surface area contributed by atoms with Gasteiger partial charge in [0.25, 0.3) is 0 Å². The summed E-state index contributed by atoms with van der Waals surface area (Å²) in [5.41, 5.74) is 14.3. The Morgan fingerprint density at radius 3 is 0.981 bits per heavy atom. The number of para-hydroxylation sites is 2. The smallest absolute Gasteiger partial charge is 0.0973 e. The van der Waals surface area contributed by atoms with Crippen LogP contribution in [-0.2, 0) is 0 Å². The maximum Gasteiger partial charge on any atom is 0.0973 e. The molecule has 0 aliphatic rings. The minimum absolute atomic E-state index is 0.855.